The van der Waals surface area contributed by atoms with Gasteiger partial charge in [0.15, 0.2) is 0 Å². The highest BCUT2D eigenvalue weighted by molar-refractivity contribution is 7.98. The zero-order valence-corrected chi connectivity index (χ0v) is 10.2. The van der Waals surface area contributed by atoms with Crippen molar-refractivity contribution < 1.29 is 0 Å². The summed E-state index contributed by atoms with van der Waals surface area (Å²) in [5, 5.41) is 2.36. The van der Waals surface area contributed by atoms with Gasteiger partial charge in [-0.1, -0.05) is 18.2 Å². The molecule has 1 aromatic carbocycles. The monoisotopic (exact) mass is 241 g/mol. The van der Waals surface area contributed by atoms with Gasteiger partial charge in [0.2, 0.25) is 5.95 Å². The molecule has 0 saturated carbocycles. The van der Waals surface area contributed by atoms with Crippen LogP contribution in [0.5, 0.6) is 0 Å². The summed E-state index contributed by atoms with van der Waals surface area (Å²) in [6, 6.07) is 12.3. The molecule has 0 unspecified atom stereocenters. The minimum Gasteiger partial charge on any atom is -0.273 e. The Morgan fingerprint density at radius 3 is 2.59 bits per heavy atom. The lowest BCUT2D eigenvalue weighted by Crippen LogP contribution is -2.00. The number of fused-ring (bicyclic) bond motifs is 1. The van der Waals surface area contributed by atoms with Gasteiger partial charge in [0.1, 0.15) is 0 Å². The Hall–Kier alpha value is -1.81. The summed E-state index contributed by atoms with van der Waals surface area (Å²) in [6.45, 7) is 0. The molecule has 17 heavy (non-hydrogen) atoms. The molecule has 0 saturated heterocycles. The van der Waals surface area contributed by atoms with Crippen LogP contribution >= 0.6 is 11.8 Å². The van der Waals surface area contributed by atoms with Crippen LogP contribution in [0.25, 0.3) is 16.9 Å². The number of aromatic nitrogens is 3. The Morgan fingerprint density at radius 1 is 1.06 bits per heavy atom. The van der Waals surface area contributed by atoms with Crippen molar-refractivity contribution in [2.75, 3.05) is 6.26 Å². The van der Waals surface area contributed by atoms with E-state index in [1.165, 1.54) is 5.39 Å². The summed E-state index contributed by atoms with van der Waals surface area (Å²) in [5.74, 6) is 0.720. The summed E-state index contributed by atoms with van der Waals surface area (Å²) in [4.78, 5) is 8.64. The summed E-state index contributed by atoms with van der Waals surface area (Å²) in [6.07, 6.45) is 5.59. The van der Waals surface area contributed by atoms with Crippen molar-refractivity contribution in [3.8, 4) is 5.95 Å². The fourth-order valence-corrected chi connectivity index (χ4v) is 2.50. The molecule has 84 valence electrons. The summed E-state index contributed by atoms with van der Waals surface area (Å²) >= 11 is 1.70. The van der Waals surface area contributed by atoms with E-state index in [-0.39, 0.29) is 0 Å². The van der Waals surface area contributed by atoms with Crippen LogP contribution < -0.4 is 0 Å². The molecule has 0 radical (unpaired) electrons. The first-order valence-electron chi connectivity index (χ1n) is 5.32. The Bertz CT molecular complexity index is 646. The van der Waals surface area contributed by atoms with Gasteiger partial charge in [0.05, 0.1) is 10.5 Å². The molecule has 0 amide bonds. The fraction of sp³-hybridized carbons (Fsp3) is 0.0769. The Morgan fingerprint density at radius 2 is 1.82 bits per heavy atom. The van der Waals surface area contributed by atoms with Gasteiger partial charge in [0, 0.05) is 17.8 Å². The van der Waals surface area contributed by atoms with Crippen molar-refractivity contribution in [3.63, 3.8) is 0 Å². The second-order valence-corrected chi connectivity index (χ2v) is 4.46. The van der Waals surface area contributed by atoms with E-state index in [1.807, 2.05) is 18.2 Å². The maximum Gasteiger partial charge on any atom is 0.234 e. The van der Waals surface area contributed by atoms with Gasteiger partial charge in [-0.2, -0.15) is 0 Å². The first-order chi connectivity index (χ1) is 8.40. The van der Waals surface area contributed by atoms with Gasteiger partial charge in [-0.15, -0.1) is 11.8 Å². The lowest BCUT2D eigenvalue weighted by Gasteiger charge is -2.06. The molecule has 0 atom stereocenters. The number of thioether (sulfide) groups is 1. The summed E-state index contributed by atoms with van der Waals surface area (Å²) < 4.78 is 2.08. The van der Waals surface area contributed by atoms with E-state index in [0.29, 0.717) is 0 Å². The number of hydrogen-bond acceptors (Lipinski definition) is 3. The quantitative estimate of drug-likeness (QED) is 0.646. The first kappa shape index (κ1) is 10.4. The Balaban J connectivity index is 2.34. The van der Waals surface area contributed by atoms with Crippen molar-refractivity contribution in [1.29, 1.82) is 0 Å². The van der Waals surface area contributed by atoms with Crippen LogP contribution in [0.4, 0.5) is 0 Å². The van der Waals surface area contributed by atoms with Gasteiger partial charge in [-0.05, 0) is 24.5 Å². The molecule has 2 heterocycles. The van der Waals surface area contributed by atoms with Gasteiger partial charge in [-0.3, -0.25) is 4.57 Å². The van der Waals surface area contributed by atoms with Crippen LogP contribution in [-0.2, 0) is 0 Å². The number of benzene rings is 1. The maximum absolute atomic E-state index is 4.32. The van der Waals surface area contributed by atoms with E-state index in [1.54, 1.807) is 24.2 Å². The molecule has 0 aliphatic carbocycles. The molecule has 0 aliphatic rings. The fourth-order valence-electron chi connectivity index (χ4n) is 1.89. The largest absolute Gasteiger partial charge is 0.273 e. The lowest BCUT2D eigenvalue weighted by molar-refractivity contribution is 0.888. The van der Waals surface area contributed by atoms with Crippen molar-refractivity contribution in [2.45, 2.75) is 5.03 Å². The van der Waals surface area contributed by atoms with E-state index in [9.17, 15) is 0 Å². The number of para-hydroxylation sites is 1. The van der Waals surface area contributed by atoms with Crippen LogP contribution in [0.2, 0.25) is 0 Å². The van der Waals surface area contributed by atoms with E-state index in [0.717, 1.165) is 16.5 Å². The van der Waals surface area contributed by atoms with E-state index in [2.05, 4.69) is 39.0 Å². The second kappa shape index (κ2) is 4.22. The molecule has 4 heteroatoms. The molecule has 3 aromatic rings. The Labute approximate surface area is 104 Å². The predicted molar refractivity (Wildman–Crippen MR) is 70.6 cm³/mol. The topological polar surface area (TPSA) is 30.7 Å². The van der Waals surface area contributed by atoms with Crippen LogP contribution in [-0.4, -0.2) is 20.8 Å². The molecule has 0 N–H and O–H groups in total. The third-order valence-corrected chi connectivity index (χ3v) is 3.36. The third kappa shape index (κ3) is 1.70. The highest BCUT2D eigenvalue weighted by atomic mass is 32.2. The number of rotatable bonds is 2. The van der Waals surface area contributed by atoms with Crippen LogP contribution in [0.1, 0.15) is 0 Å². The molecule has 0 aliphatic heterocycles. The van der Waals surface area contributed by atoms with Crippen molar-refractivity contribution in [2.24, 2.45) is 0 Å². The maximum atomic E-state index is 4.32. The minimum atomic E-state index is 0.720. The van der Waals surface area contributed by atoms with Gasteiger partial charge in [-0.25, -0.2) is 9.97 Å². The zero-order valence-electron chi connectivity index (χ0n) is 9.37. The molecule has 0 fully saturated rings. The molecule has 3 rings (SSSR count). The van der Waals surface area contributed by atoms with Crippen molar-refractivity contribution in [3.05, 3.63) is 48.8 Å². The van der Waals surface area contributed by atoms with Crippen LogP contribution in [0.3, 0.4) is 0 Å². The molecule has 0 spiro atoms. The highest BCUT2D eigenvalue weighted by Crippen LogP contribution is 2.27. The van der Waals surface area contributed by atoms with Crippen molar-refractivity contribution >= 4 is 22.7 Å². The van der Waals surface area contributed by atoms with Gasteiger partial charge in [0.25, 0.3) is 0 Å². The summed E-state index contributed by atoms with van der Waals surface area (Å²) in [5.41, 5.74) is 1.14. The van der Waals surface area contributed by atoms with Crippen LogP contribution in [0.15, 0.2) is 53.8 Å². The molecule has 0 bridgehead atoms. The number of nitrogens with zero attached hydrogens (tertiary/aromatic N) is 3. The standard InChI is InChI=1S/C13H11N3S/c1-17-12-9-10-5-2-3-6-11(10)16(12)13-14-7-4-8-15-13/h2-9H,1H3. The van der Waals surface area contributed by atoms with E-state index >= 15 is 0 Å². The molecular weight excluding hydrogens is 230 g/mol. The van der Waals surface area contributed by atoms with E-state index in [4.69, 9.17) is 0 Å². The first-order valence-corrected chi connectivity index (χ1v) is 6.54. The Kier molecular flexibility index (Phi) is 2.57. The highest BCUT2D eigenvalue weighted by Gasteiger charge is 2.10. The molecule has 2 aromatic heterocycles. The average molecular weight is 241 g/mol. The van der Waals surface area contributed by atoms with Gasteiger partial charge < -0.3 is 0 Å². The predicted octanol–water partition coefficient (Wildman–Crippen LogP) is 3.14. The number of hydrogen-bond donors (Lipinski definition) is 0. The smallest absolute Gasteiger partial charge is 0.234 e. The third-order valence-electron chi connectivity index (χ3n) is 2.64. The molecular formula is C13H11N3S. The normalized spacial score (nSPS) is 10.9. The second-order valence-electron chi connectivity index (χ2n) is 3.63. The lowest BCUT2D eigenvalue weighted by atomic mass is 10.2. The van der Waals surface area contributed by atoms with E-state index < -0.39 is 0 Å². The molecule has 3 nitrogen and oxygen atoms in total. The SMILES string of the molecule is CSc1cc2ccccc2n1-c1ncccn1. The van der Waals surface area contributed by atoms with Crippen molar-refractivity contribution in [1.82, 2.24) is 14.5 Å². The van der Waals surface area contributed by atoms with Gasteiger partial charge >= 0.3 is 0 Å². The minimum absolute atomic E-state index is 0.720. The zero-order chi connectivity index (χ0) is 11.7. The summed E-state index contributed by atoms with van der Waals surface area (Å²) in [7, 11) is 0. The average Bonchev–Trinajstić information content (AvgIpc) is 2.78. The van der Waals surface area contributed by atoms with Crippen LogP contribution in [0, 0.1) is 0 Å².